The van der Waals surface area contributed by atoms with E-state index in [1.165, 1.54) is 74.7 Å². The van der Waals surface area contributed by atoms with Crippen LogP contribution in [0.5, 0.6) is 0 Å². The summed E-state index contributed by atoms with van der Waals surface area (Å²) in [6, 6.07) is 8.63. The summed E-state index contributed by atoms with van der Waals surface area (Å²) < 4.78 is 0. The lowest BCUT2D eigenvalue weighted by molar-refractivity contribution is -0.131. The Hall–Kier alpha value is -0.960. The Morgan fingerprint density at radius 1 is 1.00 bits per heavy atom. The lowest BCUT2D eigenvalue weighted by Crippen LogP contribution is -2.39. The summed E-state index contributed by atoms with van der Waals surface area (Å²) >= 11 is 2.14. The average Bonchev–Trinajstić information content (AvgIpc) is 3.23. The number of nitrogens with zero attached hydrogens (tertiary/aromatic N) is 1. The first kappa shape index (κ1) is 22.7. The molecule has 0 spiro atoms. The second-order valence-electron chi connectivity index (χ2n) is 9.24. The van der Waals surface area contributed by atoms with Gasteiger partial charge in [0.15, 0.2) is 0 Å². The predicted octanol–water partition coefficient (Wildman–Crippen LogP) is 6.65. The first-order valence-corrected chi connectivity index (χ1v) is 13.2. The molecule has 0 N–H and O–H groups in total. The number of aryl methyl sites for hydroxylation is 2. The van der Waals surface area contributed by atoms with Crippen molar-refractivity contribution in [2.45, 2.75) is 89.7 Å². The van der Waals surface area contributed by atoms with E-state index in [-0.39, 0.29) is 0 Å². The van der Waals surface area contributed by atoms with Crippen molar-refractivity contribution in [1.82, 2.24) is 4.90 Å². The maximum Gasteiger partial charge on any atom is 0.222 e. The highest BCUT2D eigenvalue weighted by molar-refractivity contribution is 8.00. The molecule has 1 aliphatic heterocycles. The summed E-state index contributed by atoms with van der Waals surface area (Å²) in [5, 5.41) is 0.657. The molecule has 1 saturated carbocycles. The molecule has 1 aliphatic carbocycles. The Bertz CT molecular complexity index is 604. The summed E-state index contributed by atoms with van der Waals surface area (Å²) in [5.74, 6) is 3.36. The Morgan fingerprint density at radius 2 is 1.66 bits per heavy atom. The third-order valence-corrected chi connectivity index (χ3v) is 8.55. The highest BCUT2D eigenvalue weighted by Gasteiger charge is 2.35. The van der Waals surface area contributed by atoms with E-state index < -0.39 is 0 Å². The second kappa shape index (κ2) is 12.0. The van der Waals surface area contributed by atoms with Gasteiger partial charge in [0.25, 0.3) is 0 Å². The van der Waals surface area contributed by atoms with Crippen molar-refractivity contribution in [1.29, 1.82) is 0 Å². The highest BCUT2D eigenvalue weighted by atomic mass is 32.2. The minimum absolute atomic E-state index is 0.341. The molecular weight excluding hydrogens is 374 g/mol. The van der Waals surface area contributed by atoms with Gasteiger partial charge in [-0.25, -0.2) is 0 Å². The van der Waals surface area contributed by atoms with Crippen LogP contribution in [0.4, 0.5) is 0 Å². The normalized spacial score (nSPS) is 23.9. The van der Waals surface area contributed by atoms with Crippen LogP contribution in [0.25, 0.3) is 0 Å². The van der Waals surface area contributed by atoms with Crippen LogP contribution < -0.4 is 0 Å². The summed E-state index contributed by atoms with van der Waals surface area (Å²) in [4.78, 5) is 15.1. The topological polar surface area (TPSA) is 20.3 Å². The number of rotatable bonds is 7. The molecular formula is C26H41NOS. The van der Waals surface area contributed by atoms with Crippen LogP contribution in [-0.2, 0) is 11.2 Å². The Labute approximate surface area is 183 Å². The molecule has 1 heterocycles. The van der Waals surface area contributed by atoms with E-state index >= 15 is 0 Å². The zero-order valence-corrected chi connectivity index (χ0v) is 19.5. The van der Waals surface area contributed by atoms with Crippen LogP contribution in [-0.4, -0.2) is 34.9 Å². The molecule has 0 bridgehead atoms. The minimum Gasteiger partial charge on any atom is -0.342 e. The molecule has 2 aliphatic rings. The lowest BCUT2D eigenvalue weighted by atomic mass is 9.80. The SMILES string of the molecule is CCN(CC1SCCC1C1CCCCCCCC1)C(=O)CCc1ccc(C)cc1. The van der Waals surface area contributed by atoms with Crippen molar-refractivity contribution in [2.75, 3.05) is 18.8 Å². The van der Waals surface area contributed by atoms with Gasteiger partial charge in [0.2, 0.25) is 5.91 Å². The number of hydrogen-bond acceptors (Lipinski definition) is 2. The molecule has 1 saturated heterocycles. The second-order valence-corrected chi connectivity index (χ2v) is 10.6. The number of carbonyl (C=O) groups is 1. The van der Waals surface area contributed by atoms with E-state index in [9.17, 15) is 4.79 Å². The number of amides is 1. The van der Waals surface area contributed by atoms with Gasteiger partial charge in [-0.3, -0.25) is 4.79 Å². The monoisotopic (exact) mass is 415 g/mol. The third-order valence-electron chi connectivity index (χ3n) is 7.15. The molecule has 2 atom stereocenters. The fourth-order valence-corrected chi connectivity index (χ4v) is 6.88. The van der Waals surface area contributed by atoms with E-state index in [1.54, 1.807) is 0 Å². The Kier molecular flexibility index (Phi) is 9.42. The van der Waals surface area contributed by atoms with E-state index in [1.807, 2.05) is 0 Å². The predicted molar refractivity (Wildman–Crippen MR) is 127 cm³/mol. The molecule has 29 heavy (non-hydrogen) atoms. The largest absolute Gasteiger partial charge is 0.342 e. The van der Waals surface area contributed by atoms with Gasteiger partial charge in [-0.2, -0.15) is 11.8 Å². The van der Waals surface area contributed by atoms with Gasteiger partial charge < -0.3 is 4.90 Å². The molecule has 3 rings (SSSR count). The highest BCUT2D eigenvalue weighted by Crippen LogP contribution is 2.42. The summed E-state index contributed by atoms with van der Waals surface area (Å²) in [6.07, 6.45) is 14.3. The maximum absolute atomic E-state index is 12.9. The van der Waals surface area contributed by atoms with Gasteiger partial charge in [0.05, 0.1) is 0 Å². The van der Waals surface area contributed by atoms with E-state index in [2.05, 4.69) is 54.8 Å². The quantitative estimate of drug-likeness (QED) is 0.497. The molecule has 0 aromatic heterocycles. The minimum atomic E-state index is 0.341. The van der Waals surface area contributed by atoms with Crippen molar-refractivity contribution in [3.8, 4) is 0 Å². The summed E-state index contributed by atoms with van der Waals surface area (Å²) in [6.45, 7) is 6.08. The van der Waals surface area contributed by atoms with Gasteiger partial charge in [-0.15, -0.1) is 0 Å². The van der Waals surface area contributed by atoms with Crippen molar-refractivity contribution in [3.05, 3.63) is 35.4 Å². The van der Waals surface area contributed by atoms with Gasteiger partial charge in [0.1, 0.15) is 0 Å². The molecule has 2 nitrogen and oxygen atoms in total. The fraction of sp³-hybridized carbons (Fsp3) is 0.731. The van der Waals surface area contributed by atoms with E-state index in [0.29, 0.717) is 17.6 Å². The molecule has 2 unspecified atom stereocenters. The van der Waals surface area contributed by atoms with Crippen molar-refractivity contribution in [3.63, 3.8) is 0 Å². The maximum atomic E-state index is 12.9. The Morgan fingerprint density at radius 3 is 2.31 bits per heavy atom. The first-order chi connectivity index (χ1) is 14.2. The van der Waals surface area contributed by atoms with Crippen LogP contribution in [0.1, 0.15) is 82.3 Å². The smallest absolute Gasteiger partial charge is 0.222 e. The van der Waals surface area contributed by atoms with Gasteiger partial charge in [0, 0.05) is 24.8 Å². The van der Waals surface area contributed by atoms with Crippen molar-refractivity contribution in [2.24, 2.45) is 11.8 Å². The summed E-state index contributed by atoms with van der Waals surface area (Å²) in [7, 11) is 0. The van der Waals surface area contributed by atoms with E-state index in [0.717, 1.165) is 31.3 Å². The first-order valence-electron chi connectivity index (χ1n) is 12.1. The summed E-state index contributed by atoms with van der Waals surface area (Å²) in [5.41, 5.74) is 2.56. The molecule has 162 valence electrons. The number of benzene rings is 1. The molecule has 0 radical (unpaired) electrons. The zero-order valence-electron chi connectivity index (χ0n) is 18.7. The van der Waals surface area contributed by atoms with Gasteiger partial charge in [-0.05, 0) is 49.8 Å². The Balaban J connectivity index is 1.53. The van der Waals surface area contributed by atoms with Gasteiger partial charge >= 0.3 is 0 Å². The number of hydrogen-bond donors (Lipinski definition) is 0. The van der Waals surface area contributed by atoms with Crippen LogP contribution in [0.2, 0.25) is 0 Å². The fourth-order valence-electron chi connectivity index (χ4n) is 5.27. The van der Waals surface area contributed by atoms with E-state index in [4.69, 9.17) is 0 Å². The van der Waals surface area contributed by atoms with Crippen molar-refractivity contribution < 1.29 is 4.79 Å². The van der Waals surface area contributed by atoms with Crippen LogP contribution in [0.3, 0.4) is 0 Å². The molecule has 1 amide bonds. The van der Waals surface area contributed by atoms with Crippen LogP contribution in [0.15, 0.2) is 24.3 Å². The number of thioether (sulfide) groups is 1. The standard InChI is InChI=1S/C26H41NOS/c1-3-27(26(28)17-16-22-14-12-21(2)13-15-22)20-25-24(18-19-29-25)23-10-8-6-4-5-7-9-11-23/h12-15,23-25H,3-11,16-20H2,1-2H3. The third kappa shape index (κ3) is 7.05. The molecule has 1 aromatic carbocycles. The number of carbonyl (C=O) groups excluding carboxylic acids is 1. The zero-order chi connectivity index (χ0) is 20.5. The van der Waals surface area contributed by atoms with Crippen LogP contribution in [0, 0.1) is 18.8 Å². The van der Waals surface area contributed by atoms with Crippen LogP contribution >= 0.6 is 11.8 Å². The average molecular weight is 416 g/mol. The molecule has 2 fully saturated rings. The molecule has 1 aromatic rings. The van der Waals surface area contributed by atoms with Gasteiger partial charge in [-0.1, -0.05) is 81.2 Å². The molecule has 3 heteroatoms. The van der Waals surface area contributed by atoms with Crippen molar-refractivity contribution >= 4 is 17.7 Å². The lowest BCUT2D eigenvalue weighted by Gasteiger charge is -2.32.